The smallest absolute Gasteiger partial charge is 0.253 e. The molecule has 1 aromatic carbocycles. The third-order valence-electron chi connectivity index (χ3n) is 3.06. The van der Waals surface area contributed by atoms with Crippen molar-refractivity contribution in [3.8, 4) is 0 Å². The van der Waals surface area contributed by atoms with Crippen LogP contribution in [0.2, 0.25) is 0 Å². The highest BCUT2D eigenvalue weighted by atomic mass is 16.1. The molecule has 0 saturated carbocycles. The van der Waals surface area contributed by atoms with Crippen molar-refractivity contribution in [2.45, 2.75) is 6.42 Å². The van der Waals surface area contributed by atoms with E-state index in [2.05, 4.69) is 25.5 Å². The van der Waals surface area contributed by atoms with Gasteiger partial charge in [-0.15, -0.1) is 0 Å². The van der Waals surface area contributed by atoms with Crippen LogP contribution in [0.5, 0.6) is 0 Å². The number of hydrogen-bond donors (Lipinski definition) is 4. The van der Waals surface area contributed by atoms with Gasteiger partial charge in [0, 0.05) is 35.8 Å². The molecular formula is C13H14N6O. The Morgan fingerprint density at radius 2 is 2.30 bits per heavy atom. The summed E-state index contributed by atoms with van der Waals surface area (Å²) in [6, 6.07) is 5.44. The predicted octanol–water partition coefficient (Wildman–Crippen LogP) is 0.841. The van der Waals surface area contributed by atoms with Crippen molar-refractivity contribution in [1.29, 1.82) is 0 Å². The summed E-state index contributed by atoms with van der Waals surface area (Å²) in [6.45, 7) is 0.489. The number of aromatic nitrogens is 4. The third kappa shape index (κ3) is 2.33. The van der Waals surface area contributed by atoms with Crippen molar-refractivity contribution in [2.75, 3.05) is 12.3 Å². The summed E-state index contributed by atoms with van der Waals surface area (Å²) >= 11 is 0. The Morgan fingerprint density at radius 3 is 3.10 bits per heavy atom. The molecule has 0 spiro atoms. The zero-order valence-electron chi connectivity index (χ0n) is 10.7. The van der Waals surface area contributed by atoms with Crippen molar-refractivity contribution in [3.05, 3.63) is 42.1 Å². The predicted molar refractivity (Wildman–Crippen MR) is 75.1 cm³/mol. The molecule has 0 aliphatic rings. The number of nitrogens with one attached hydrogen (secondary N) is 3. The highest BCUT2D eigenvalue weighted by Crippen LogP contribution is 2.20. The quantitative estimate of drug-likeness (QED) is 0.526. The first-order valence-corrected chi connectivity index (χ1v) is 6.23. The van der Waals surface area contributed by atoms with Crippen molar-refractivity contribution in [3.63, 3.8) is 0 Å². The number of nitrogens with two attached hydrogens (primary N) is 1. The first-order chi connectivity index (χ1) is 9.74. The van der Waals surface area contributed by atoms with Gasteiger partial charge in [-0.1, -0.05) is 0 Å². The van der Waals surface area contributed by atoms with Crippen molar-refractivity contribution in [2.24, 2.45) is 0 Å². The number of H-pyrrole nitrogens is 2. The second kappa shape index (κ2) is 5.04. The SMILES string of the molecule is Nc1ccc2[nH]cc(C(=O)NCCc3ncn[nH]3)c2c1. The van der Waals surface area contributed by atoms with E-state index in [4.69, 9.17) is 5.73 Å². The lowest BCUT2D eigenvalue weighted by molar-refractivity contribution is 0.0955. The zero-order valence-corrected chi connectivity index (χ0v) is 10.7. The monoisotopic (exact) mass is 270 g/mol. The number of amides is 1. The average molecular weight is 270 g/mol. The summed E-state index contributed by atoms with van der Waals surface area (Å²) in [5, 5.41) is 10.2. The topological polar surface area (TPSA) is 112 Å². The Kier molecular flexibility index (Phi) is 3.08. The number of carbonyl (C=O) groups is 1. The molecule has 7 heteroatoms. The number of hydrogen-bond acceptors (Lipinski definition) is 4. The van der Waals surface area contributed by atoms with E-state index >= 15 is 0 Å². The van der Waals surface area contributed by atoms with E-state index in [0.29, 0.717) is 24.2 Å². The van der Waals surface area contributed by atoms with Crippen LogP contribution in [-0.2, 0) is 6.42 Å². The molecule has 0 bridgehead atoms. The van der Waals surface area contributed by atoms with E-state index in [1.54, 1.807) is 18.3 Å². The zero-order chi connectivity index (χ0) is 13.9. The van der Waals surface area contributed by atoms with Gasteiger partial charge in [0.25, 0.3) is 5.91 Å². The first-order valence-electron chi connectivity index (χ1n) is 6.23. The molecule has 3 rings (SSSR count). The minimum Gasteiger partial charge on any atom is -0.399 e. The van der Waals surface area contributed by atoms with Crippen LogP contribution in [0.3, 0.4) is 0 Å². The number of nitrogens with zero attached hydrogens (tertiary/aromatic N) is 2. The van der Waals surface area contributed by atoms with Crippen LogP contribution >= 0.6 is 0 Å². The molecule has 3 aromatic rings. The number of carbonyl (C=O) groups excluding carboxylic acids is 1. The highest BCUT2D eigenvalue weighted by Gasteiger charge is 2.11. The largest absolute Gasteiger partial charge is 0.399 e. The van der Waals surface area contributed by atoms with Gasteiger partial charge >= 0.3 is 0 Å². The van der Waals surface area contributed by atoms with Gasteiger partial charge in [0.15, 0.2) is 0 Å². The standard InChI is InChI=1S/C13H14N6O/c14-8-1-2-11-9(5-8)10(6-16-11)13(20)15-4-3-12-17-7-18-19-12/h1-2,5-7,16H,3-4,14H2,(H,15,20)(H,17,18,19). The fourth-order valence-electron chi connectivity index (χ4n) is 2.07. The van der Waals surface area contributed by atoms with Gasteiger partial charge < -0.3 is 16.0 Å². The summed E-state index contributed by atoms with van der Waals surface area (Å²) in [5.41, 5.74) is 7.86. The van der Waals surface area contributed by atoms with Crippen LogP contribution < -0.4 is 11.1 Å². The Bertz CT molecular complexity index is 730. The molecule has 0 fully saturated rings. The lowest BCUT2D eigenvalue weighted by Gasteiger charge is -2.03. The maximum atomic E-state index is 12.1. The van der Waals surface area contributed by atoms with Crippen LogP contribution in [0.1, 0.15) is 16.2 Å². The normalized spacial score (nSPS) is 10.8. The number of aromatic amines is 2. The van der Waals surface area contributed by atoms with Gasteiger partial charge in [0.05, 0.1) is 5.56 Å². The molecule has 0 atom stereocenters. The van der Waals surface area contributed by atoms with Gasteiger partial charge in [-0.25, -0.2) is 4.98 Å². The molecule has 0 aliphatic carbocycles. The molecule has 0 aliphatic heterocycles. The molecule has 2 aromatic heterocycles. The fraction of sp³-hybridized carbons (Fsp3) is 0.154. The van der Waals surface area contributed by atoms with E-state index in [0.717, 1.165) is 16.7 Å². The molecule has 102 valence electrons. The van der Waals surface area contributed by atoms with Crippen molar-refractivity contribution >= 4 is 22.5 Å². The Labute approximate surface area is 114 Å². The summed E-state index contributed by atoms with van der Waals surface area (Å²) in [7, 11) is 0. The summed E-state index contributed by atoms with van der Waals surface area (Å²) < 4.78 is 0. The molecule has 7 nitrogen and oxygen atoms in total. The second-order valence-electron chi connectivity index (χ2n) is 4.45. The lowest BCUT2D eigenvalue weighted by atomic mass is 10.1. The summed E-state index contributed by atoms with van der Waals surface area (Å²) in [4.78, 5) is 19.2. The summed E-state index contributed by atoms with van der Waals surface area (Å²) in [6.07, 6.45) is 3.74. The molecule has 0 saturated heterocycles. The van der Waals surface area contributed by atoms with Gasteiger partial charge in [0.2, 0.25) is 0 Å². The van der Waals surface area contributed by atoms with Crippen LogP contribution in [0, 0.1) is 0 Å². The van der Waals surface area contributed by atoms with Gasteiger partial charge in [-0.05, 0) is 18.2 Å². The molecule has 20 heavy (non-hydrogen) atoms. The van der Waals surface area contributed by atoms with Crippen LogP contribution in [0.4, 0.5) is 5.69 Å². The molecule has 2 heterocycles. The van der Waals surface area contributed by atoms with E-state index in [-0.39, 0.29) is 5.91 Å². The average Bonchev–Trinajstić information content (AvgIpc) is 3.07. The van der Waals surface area contributed by atoms with Crippen molar-refractivity contribution < 1.29 is 4.79 Å². The fourth-order valence-corrected chi connectivity index (χ4v) is 2.07. The Balaban J connectivity index is 1.70. The van der Waals surface area contributed by atoms with Gasteiger partial charge in [0.1, 0.15) is 12.2 Å². The van der Waals surface area contributed by atoms with Crippen LogP contribution in [0.25, 0.3) is 10.9 Å². The van der Waals surface area contributed by atoms with Crippen LogP contribution in [0.15, 0.2) is 30.7 Å². The van der Waals surface area contributed by atoms with E-state index < -0.39 is 0 Å². The molecule has 1 amide bonds. The first kappa shape index (κ1) is 12.2. The summed E-state index contributed by atoms with van der Waals surface area (Å²) in [5.74, 6) is 0.606. The van der Waals surface area contributed by atoms with Gasteiger partial charge in [-0.3, -0.25) is 9.89 Å². The van der Waals surface area contributed by atoms with Crippen molar-refractivity contribution in [1.82, 2.24) is 25.5 Å². The minimum atomic E-state index is -0.138. The van der Waals surface area contributed by atoms with E-state index in [1.165, 1.54) is 6.33 Å². The number of fused-ring (bicyclic) bond motifs is 1. The Hall–Kier alpha value is -2.83. The number of benzene rings is 1. The number of nitrogen functional groups attached to an aromatic ring is 1. The molecule has 5 N–H and O–H groups in total. The minimum absolute atomic E-state index is 0.138. The highest BCUT2D eigenvalue weighted by molar-refractivity contribution is 6.07. The second-order valence-corrected chi connectivity index (χ2v) is 4.45. The number of anilines is 1. The van der Waals surface area contributed by atoms with E-state index in [9.17, 15) is 4.79 Å². The van der Waals surface area contributed by atoms with E-state index in [1.807, 2.05) is 6.07 Å². The third-order valence-corrected chi connectivity index (χ3v) is 3.06. The number of rotatable bonds is 4. The molecule has 0 unspecified atom stereocenters. The Morgan fingerprint density at radius 1 is 1.40 bits per heavy atom. The van der Waals surface area contributed by atoms with Gasteiger partial charge in [-0.2, -0.15) is 5.10 Å². The maximum Gasteiger partial charge on any atom is 0.253 e. The van der Waals surface area contributed by atoms with Crippen LogP contribution in [-0.4, -0.2) is 32.6 Å². The maximum absolute atomic E-state index is 12.1. The lowest BCUT2D eigenvalue weighted by Crippen LogP contribution is -2.25. The molecular weight excluding hydrogens is 256 g/mol. The molecule has 0 radical (unpaired) electrons.